The fourth-order valence-corrected chi connectivity index (χ4v) is 2.42. The number of methoxy groups -OCH3 is 1. The molecular weight excluding hydrogens is 342 g/mol. The van der Waals surface area contributed by atoms with Crippen LogP contribution in [0.1, 0.15) is 11.1 Å². The maximum Gasteiger partial charge on any atom is 0.143 e. The normalized spacial score (nSPS) is 10.4. The molecule has 0 saturated heterocycles. The molecule has 3 nitrogen and oxygen atoms in total. The topological polar surface area (TPSA) is 41.5 Å². The summed E-state index contributed by atoms with van der Waals surface area (Å²) in [6.07, 6.45) is 0. The van der Waals surface area contributed by atoms with E-state index in [0.29, 0.717) is 17.3 Å². The van der Waals surface area contributed by atoms with Crippen LogP contribution in [0.15, 0.2) is 34.8 Å². The van der Waals surface area contributed by atoms with E-state index in [1.807, 2.05) is 19.1 Å². The Morgan fingerprint density at radius 2 is 2.05 bits per heavy atom. The Morgan fingerprint density at radius 1 is 1.30 bits per heavy atom. The van der Waals surface area contributed by atoms with E-state index in [2.05, 4.69) is 21.2 Å². The molecule has 0 aromatic heterocycles. The van der Waals surface area contributed by atoms with Crippen LogP contribution in [-0.4, -0.2) is 12.2 Å². The second-order valence-electron chi connectivity index (χ2n) is 4.43. The number of hydrogen-bond acceptors (Lipinski definition) is 3. The Labute approximate surface area is 131 Å². The standard InChI is InChI=1S/C15H15BrClNO2/c1-9-5-13(15(20-2)7-12(9)17)18-8-10-6-11(16)3-4-14(10)19/h3-7,18-19H,8H2,1-2H3. The number of hydrogen-bond donors (Lipinski definition) is 2. The Hall–Kier alpha value is -1.39. The summed E-state index contributed by atoms with van der Waals surface area (Å²) in [7, 11) is 1.60. The third-order valence-electron chi connectivity index (χ3n) is 2.99. The van der Waals surface area contributed by atoms with Gasteiger partial charge in [-0.1, -0.05) is 27.5 Å². The lowest BCUT2D eigenvalue weighted by molar-refractivity contribution is 0.416. The number of aryl methyl sites for hydroxylation is 1. The molecule has 0 aliphatic heterocycles. The van der Waals surface area contributed by atoms with Crippen molar-refractivity contribution < 1.29 is 9.84 Å². The Kier molecular flexibility index (Phi) is 4.78. The Balaban J connectivity index is 2.22. The van der Waals surface area contributed by atoms with Crippen LogP contribution in [0.2, 0.25) is 5.02 Å². The Bertz CT molecular complexity index is 632. The fourth-order valence-electron chi connectivity index (χ4n) is 1.86. The van der Waals surface area contributed by atoms with Gasteiger partial charge in [-0.3, -0.25) is 0 Å². The van der Waals surface area contributed by atoms with Crippen molar-refractivity contribution in [2.24, 2.45) is 0 Å². The van der Waals surface area contributed by atoms with Crippen LogP contribution in [-0.2, 0) is 6.54 Å². The minimum absolute atomic E-state index is 0.255. The molecule has 0 aliphatic carbocycles. The average molecular weight is 357 g/mol. The first-order valence-electron chi connectivity index (χ1n) is 6.06. The highest BCUT2D eigenvalue weighted by Crippen LogP contribution is 2.32. The SMILES string of the molecule is COc1cc(Cl)c(C)cc1NCc1cc(Br)ccc1O. The molecule has 0 saturated carbocycles. The molecule has 0 aliphatic rings. The van der Waals surface area contributed by atoms with Gasteiger partial charge in [-0.25, -0.2) is 0 Å². The molecule has 2 N–H and O–H groups in total. The summed E-state index contributed by atoms with van der Waals surface area (Å²) in [5.74, 6) is 0.931. The van der Waals surface area contributed by atoms with E-state index < -0.39 is 0 Å². The van der Waals surface area contributed by atoms with Gasteiger partial charge in [0, 0.05) is 27.7 Å². The zero-order valence-corrected chi connectivity index (χ0v) is 13.5. The molecule has 0 heterocycles. The number of phenols is 1. The molecule has 0 spiro atoms. The van der Waals surface area contributed by atoms with Crippen molar-refractivity contribution >= 4 is 33.2 Å². The highest BCUT2D eigenvalue weighted by Gasteiger charge is 2.08. The predicted molar refractivity (Wildman–Crippen MR) is 85.9 cm³/mol. The molecule has 5 heteroatoms. The maximum atomic E-state index is 9.82. The molecule has 2 aromatic carbocycles. The molecule has 0 unspecified atom stereocenters. The van der Waals surface area contributed by atoms with Crippen molar-refractivity contribution in [1.29, 1.82) is 0 Å². The van der Waals surface area contributed by atoms with E-state index >= 15 is 0 Å². The van der Waals surface area contributed by atoms with Crippen LogP contribution in [0.4, 0.5) is 5.69 Å². The van der Waals surface area contributed by atoms with Crippen molar-refractivity contribution in [3.8, 4) is 11.5 Å². The van der Waals surface area contributed by atoms with Crippen molar-refractivity contribution in [2.45, 2.75) is 13.5 Å². The quantitative estimate of drug-likeness (QED) is 0.831. The molecule has 2 rings (SSSR count). The number of aromatic hydroxyl groups is 1. The Morgan fingerprint density at radius 3 is 2.75 bits per heavy atom. The lowest BCUT2D eigenvalue weighted by atomic mass is 10.1. The van der Waals surface area contributed by atoms with Gasteiger partial charge in [-0.15, -0.1) is 0 Å². The number of halogens is 2. The molecule has 0 bridgehead atoms. The van der Waals surface area contributed by atoms with E-state index in [1.54, 1.807) is 25.3 Å². The summed E-state index contributed by atoms with van der Waals surface area (Å²) >= 11 is 9.46. The number of benzene rings is 2. The van der Waals surface area contributed by atoms with Gasteiger partial charge >= 0.3 is 0 Å². The van der Waals surface area contributed by atoms with Gasteiger partial charge < -0.3 is 15.2 Å². The van der Waals surface area contributed by atoms with Crippen molar-refractivity contribution in [2.75, 3.05) is 12.4 Å². The van der Waals surface area contributed by atoms with Gasteiger partial charge in [0.15, 0.2) is 0 Å². The minimum atomic E-state index is 0.255. The number of anilines is 1. The molecule has 2 aromatic rings. The molecule has 0 atom stereocenters. The largest absolute Gasteiger partial charge is 0.508 e. The van der Waals surface area contributed by atoms with Gasteiger partial charge in [0.05, 0.1) is 12.8 Å². The molecule has 0 radical (unpaired) electrons. The van der Waals surface area contributed by atoms with Gasteiger partial charge in [-0.2, -0.15) is 0 Å². The fraction of sp³-hybridized carbons (Fsp3) is 0.200. The van der Waals surface area contributed by atoms with Crippen LogP contribution in [0, 0.1) is 6.92 Å². The number of phenolic OH excluding ortho intramolecular Hbond substituents is 1. The van der Waals surface area contributed by atoms with Gasteiger partial charge in [0.25, 0.3) is 0 Å². The van der Waals surface area contributed by atoms with Crippen molar-refractivity contribution in [3.63, 3.8) is 0 Å². The summed E-state index contributed by atoms with van der Waals surface area (Å²) in [5, 5.41) is 13.7. The van der Waals surface area contributed by atoms with E-state index in [1.165, 1.54) is 0 Å². The summed E-state index contributed by atoms with van der Waals surface area (Å²) in [4.78, 5) is 0. The van der Waals surface area contributed by atoms with Crippen molar-refractivity contribution in [1.82, 2.24) is 0 Å². The zero-order chi connectivity index (χ0) is 14.7. The minimum Gasteiger partial charge on any atom is -0.508 e. The monoisotopic (exact) mass is 355 g/mol. The first-order chi connectivity index (χ1) is 9.51. The van der Waals surface area contributed by atoms with E-state index in [0.717, 1.165) is 21.3 Å². The predicted octanol–water partition coefficient (Wildman–Crippen LogP) is 4.74. The summed E-state index contributed by atoms with van der Waals surface area (Å²) in [5.41, 5.74) is 2.61. The lowest BCUT2D eigenvalue weighted by Crippen LogP contribution is -2.02. The van der Waals surface area contributed by atoms with Crippen LogP contribution < -0.4 is 10.1 Å². The third-order valence-corrected chi connectivity index (χ3v) is 3.89. The highest BCUT2D eigenvalue weighted by molar-refractivity contribution is 9.10. The van der Waals surface area contributed by atoms with Crippen LogP contribution in [0.5, 0.6) is 11.5 Å². The highest BCUT2D eigenvalue weighted by atomic mass is 79.9. The van der Waals surface area contributed by atoms with Gasteiger partial charge in [-0.05, 0) is 36.8 Å². The summed E-state index contributed by atoms with van der Waals surface area (Å²) < 4.78 is 6.23. The van der Waals surface area contributed by atoms with Gasteiger partial charge in [0.1, 0.15) is 11.5 Å². The van der Waals surface area contributed by atoms with Crippen LogP contribution in [0.25, 0.3) is 0 Å². The van der Waals surface area contributed by atoms with Crippen molar-refractivity contribution in [3.05, 3.63) is 51.0 Å². The number of ether oxygens (including phenoxy) is 1. The average Bonchev–Trinajstić information content (AvgIpc) is 2.43. The second-order valence-corrected chi connectivity index (χ2v) is 5.75. The first kappa shape index (κ1) is 15.0. The molecule has 20 heavy (non-hydrogen) atoms. The first-order valence-corrected chi connectivity index (χ1v) is 7.23. The van der Waals surface area contributed by atoms with Crippen LogP contribution >= 0.6 is 27.5 Å². The van der Waals surface area contributed by atoms with Crippen LogP contribution in [0.3, 0.4) is 0 Å². The molecule has 0 amide bonds. The summed E-state index contributed by atoms with van der Waals surface area (Å²) in [6, 6.07) is 9.03. The molecule has 106 valence electrons. The third kappa shape index (κ3) is 3.38. The van der Waals surface area contributed by atoms with E-state index in [9.17, 15) is 5.11 Å². The second kappa shape index (κ2) is 6.37. The smallest absolute Gasteiger partial charge is 0.143 e. The van der Waals surface area contributed by atoms with E-state index in [4.69, 9.17) is 16.3 Å². The van der Waals surface area contributed by atoms with E-state index in [-0.39, 0.29) is 5.75 Å². The number of nitrogens with one attached hydrogen (secondary N) is 1. The summed E-state index contributed by atoms with van der Waals surface area (Å²) in [6.45, 7) is 2.42. The van der Waals surface area contributed by atoms with Gasteiger partial charge in [0.2, 0.25) is 0 Å². The number of rotatable bonds is 4. The zero-order valence-electron chi connectivity index (χ0n) is 11.2. The molecule has 0 fully saturated rings. The lowest BCUT2D eigenvalue weighted by Gasteiger charge is -2.14. The maximum absolute atomic E-state index is 9.82. The molecular formula is C15H15BrClNO2.